The second kappa shape index (κ2) is 6.87. The van der Waals surface area contributed by atoms with E-state index in [0.717, 1.165) is 12.0 Å². The van der Waals surface area contributed by atoms with Crippen molar-refractivity contribution in [2.24, 2.45) is 0 Å². The second-order valence-electron chi connectivity index (χ2n) is 4.15. The quantitative estimate of drug-likeness (QED) is 0.841. The molecule has 0 fully saturated rings. The van der Waals surface area contributed by atoms with Gasteiger partial charge in [0.15, 0.2) is 11.5 Å². The summed E-state index contributed by atoms with van der Waals surface area (Å²) in [4.78, 5) is 0. The van der Waals surface area contributed by atoms with E-state index in [1.54, 1.807) is 14.2 Å². The van der Waals surface area contributed by atoms with E-state index in [1.165, 1.54) is 0 Å². The van der Waals surface area contributed by atoms with Crippen LogP contribution in [-0.4, -0.2) is 20.3 Å². The van der Waals surface area contributed by atoms with Crippen LogP contribution in [0.4, 0.5) is 0 Å². The molecule has 18 heavy (non-hydrogen) atoms. The van der Waals surface area contributed by atoms with Gasteiger partial charge in [-0.3, -0.25) is 5.32 Å². The first-order chi connectivity index (χ1) is 8.65. The first kappa shape index (κ1) is 14.3. The fourth-order valence-electron chi connectivity index (χ4n) is 1.64. The highest BCUT2D eigenvalue weighted by Crippen LogP contribution is 2.29. The van der Waals surface area contributed by atoms with Gasteiger partial charge in [0, 0.05) is 6.04 Å². The molecule has 0 aliphatic rings. The van der Waals surface area contributed by atoms with Crippen molar-refractivity contribution < 1.29 is 9.47 Å². The van der Waals surface area contributed by atoms with Crippen LogP contribution in [0.5, 0.6) is 11.5 Å². The number of nitrogens with one attached hydrogen (secondary N) is 1. The number of hydrogen-bond acceptors (Lipinski definition) is 4. The van der Waals surface area contributed by atoms with Crippen LogP contribution in [0.3, 0.4) is 0 Å². The highest BCUT2D eigenvalue weighted by atomic mass is 16.5. The molecule has 4 heteroatoms. The second-order valence-corrected chi connectivity index (χ2v) is 4.15. The lowest BCUT2D eigenvalue weighted by Crippen LogP contribution is -2.29. The molecule has 1 rings (SSSR count). The Balaban J connectivity index is 2.97. The zero-order valence-corrected chi connectivity index (χ0v) is 11.4. The molecular formula is C14H20N2O2. The molecule has 0 aliphatic heterocycles. The lowest BCUT2D eigenvalue weighted by Gasteiger charge is -2.18. The Bertz CT molecular complexity index is 426. The predicted octanol–water partition coefficient (Wildman–Crippen LogP) is 2.66. The van der Waals surface area contributed by atoms with Crippen molar-refractivity contribution in [2.45, 2.75) is 32.4 Å². The van der Waals surface area contributed by atoms with Crippen molar-refractivity contribution in [2.75, 3.05) is 14.2 Å². The Labute approximate surface area is 109 Å². The van der Waals surface area contributed by atoms with E-state index >= 15 is 0 Å². The number of nitrogens with zero attached hydrogens (tertiary/aromatic N) is 1. The highest BCUT2D eigenvalue weighted by molar-refractivity contribution is 5.44. The number of rotatable bonds is 6. The molecule has 0 radical (unpaired) electrons. The minimum Gasteiger partial charge on any atom is -0.493 e. The average Bonchev–Trinajstić information content (AvgIpc) is 2.43. The zero-order chi connectivity index (χ0) is 13.5. The molecule has 0 aromatic heterocycles. The van der Waals surface area contributed by atoms with E-state index in [2.05, 4.69) is 25.2 Å². The normalized spacial score (nSPS) is 13.5. The Kier molecular flexibility index (Phi) is 5.47. The Morgan fingerprint density at radius 1 is 1.28 bits per heavy atom. The van der Waals surface area contributed by atoms with Gasteiger partial charge in [-0.15, -0.1) is 0 Å². The number of benzene rings is 1. The molecular weight excluding hydrogens is 228 g/mol. The molecule has 0 saturated heterocycles. The maximum absolute atomic E-state index is 9.23. The number of nitriles is 1. The third-order valence-electron chi connectivity index (χ3n) is 2.93. The molecule has 0 aliphatic carbocycles. The minimum absolute atomic E-state index is 0.294. The Morgan fingerprint density at radius 3 is 2.44 bits per heavy atom. The average molecular weight is 248 g/mol. The summed E-state index contributed by atoms with van der Waals surface area (Å²) >= 11 is 0. The summed E-state index contributed by atoms with van der Waals surface area (Å²) in [5.74, 6) is 1.31. The van der Waals surface area contributed by atoms with Gasteiger partial charge < -0.3 is 9.47 Å². The van der Waals surface area contributed by atoms with E-state index < -0.39 is 0 Å². The molecule has 2 atom stereocenters. The van der Waals surface area contributed by atoms with Gasteiger partial charge in [0.2, 0.25) is 0 Å². The maximum atomic E-state index is 9.23. The smallest absolute Gasteiger partial charge is 0.161 e. The number of hydrogen-bond donors (Lipinski definition) is 1. The van der Waals surface area contributed by atoms with E-state index in [4.69, 9.17) is 9.47 Å². The topological polar surface area (TPSA) is 54.3 Å². The Morgan fingerprint density at radius 2 is 1.94 bits per heavy atom. The molecule has 4 nitrogen and oxygen atoms in total. The van der Waals surface area contributed by atoms with Gasteiger partial charge in [-0.1, -0.05) is 13.0 Å². The monoisotopic (exact) mass is 248 g/mol. The van der Waals surface area contributed by atoms with Crippen molar-refractivity contribution in [1.29, 1.82) is 5.26 Å². The predicted molar refractivity (Wildman–Crippen MR) is 70.8 cm³/mol. The number of ether oxygens (including phenoxy) is 2. The molecule has 0 spiro atoms. The summed E-state index contributed by atoms with van der Waals surface area (Å²) in [6, 6.07) is 7.76. The molecule has 2 unspecified atom stereocenters. The maximum Gasteiger partial charge on any atom is 0.161 e. The summed E-state index contributed by atoms with van der Waals surface area (Å²) in [6.07, 6.45) is 0.978. The van der Waals surface area contributed by atoms with Gasteiger partial charge in [0.05, 0.1) is 20.3 Å². The van der Waals surface area contributed by atoms with E-state index in [1.807, 2.05) is 18.2 Å². The fraction of sp³-hybridized carbons (Fsp3) is 0.500. The van der Waals surface area contributed by atoms with Crippen molar-refractivity contribution in [3.8, 4) is 17.6 Å². The summed E-state index contributed by atoms with van der Waals surface area (Å²) in [7, 11) is 3.18. The van der Waals surface area contributed by atoms with Crippen LogP contribution in [0.2, 0.25) is 0 Å². The van der Waals surface area contributed by atoms with Crippen LogP contribution in [-0.2, 0) is 0 Å². The third-order valence-corrected chi connectivity index (χ3v) is 2.93. The van der Waals surface area contributed by atoms with Crippen LogP contribution in [0, 0.1) is 11.3 Å². The van der Waals surface area contributed by atoms with Gasteiger partial charge in [0.25, 0.3) is 0 Å². The fourth-order valence-corrected chi connectivity index (χ4v) is 1.64. The molecule has 98 valence electrons. The van der Waals surface area contributed by atoms with E-state index in [-0.39, 0.29) is 6.04 Å². The molecule has 1 N–H and O–H groups in total. The largest absolute Gasteiger partial charge is 0.493 e. The molecule has 0 bridgehead atoms. The lowest BCUT2D eigenvalue weighted by atomic mass is 10.1. The van der Waals surface area contributed by atoms with Gasteiger partial charge in [-0.05, 0) is 31.0 Å². The van der Waals surface area contributed by atoms with Crippen LogP contribution < -0.4 is 14.8 Å². The van der Waals surface area contributed by atoms with Crippen molar-refractivity contribution in [3.63, 3.8) is 0 Å². The van der Waals surface area contributed by atoms with E-state index in [9.17, 15) is 5.26 Å². The molecule has 0 amide bonds. The third kappa shape index (κ3) is 3.38. The van der Waals surface area contributed by atoms with Crippen molar-refractivity contribution in [3.05, 3.63) is 23.8 Å². The van der Waals surface area contributed by atoms with Crippen LogP contribution in [0.15, 0.2) is 18.2 Å². The van der Waals surface area contributed by atoms with Gasteiger partial charge in [0.1, 0.15) is 6.04 Å². The SMILES string of the molecule is CCC(C)NC(C#N)c1ccc(OC)c(OC)c1. The van der Waals surface area contributed by atoms with Gasteiger partial charge >= 0.3 is 0 Å². The molecule has 1 aromatic carbocycles. The summed E-state index contributed by atoms with van der Waals surface area (Å²) in [5, 5.41) is 12.5. The highest BCUT2D eigenvalue weighted by Gasteiger charge is 2.15. The van der Waals surface area contributed by atoms with Gasteiger partial charge in [-0.25, -0.2) is 0 Å². The molecule has 0 saturated carbocycles. The first-order valence-corrected chi connectivity index (χ1v) is 6.03. The summed E-state index contributed by atoms with van der Waals surface area (Å²) < 4.78 is 10.4. The molecule has 0 heterocycles. The van der Waals surface area contributed by atoms with Crippen LogP contribution in [0.25, 0.3) is 0 Å². The lowest BCUT2D eigenvalue weighted by molar-refractivity contribution is 0.354. The van der Waals surface area contributed by atoms with Gasteiger partial charge in [-0.2, -0.15) is 5.26 Å². The number of methoxy groups -OCH3 is 2. The van der Waals surface area contributed by atoms with Crippen LogP contribution >= 0.6 is 0 Å². The minimum atomic E-state index is -0.334. The van der Waals surface area contributed by atoms with Crippen molar-refractivity contribution in [1.82, 2.24) is 5.32 Å². The summed E-state index contributed by atoms with van der Waals surface area (Å²) in [5.41, 5.74) is 0.885. The standard InChI is InChI=1S/C14H20N2O2/c1-5-10(2)16-12(9-15)11-6-7-13(17-3)14(8-11)18-4/h6-8,10,12,16H,5H2,1-4H3. The van der Waals surface area contributed by atoms with Crippen molar-refractivity contribution >= 4 is 0 Å². The van der Waals surface area contributed by atoms with E-state index in [0.29, 0.717) is 17.5 Å². The van der Waals surface area contributed by atoms with Crippen LogP contribution in [0.1, 0.15) is 31.9 Å². The summed E-state index contributed by atoms with van der Waals surface area (Å²) in [6.45, 7) is 4.14. The molecule has 1 aromatic rings. The first-order valence-electron chi connectivity index (χ1n) is 6.03. The zero-order valence-electron chi connectivity index (χ0n) is 11.4. The Hall–Kier alpha value is -1.73.